The molecule has 0 aromatic rings. The van der Waals surface area contributed by atoms with Crippen LogP contribution in [0.5, 0.6) is 0 Å². The van der Waals surface area contributed by atoms with Gasteiger partial charge in [0.2, 0.25) is 0 Å². The van der Waals surface area contributed by atoms with Crippen LogP contribution in [0.1, 0.15) is 67.7 Å². The molecule has 0 amide bonds. The molecule has 96 valence electrons. The van der Waals surface area contributed by atoms with Crippen LogP contribution in [-0.4, -0.2) is 6.04 Å². The number of hydrogen-bond donors (Lipinski definition) is 1. The highest BCUT2D eigenvalue weighted by molar-refractivity contribution is 4.96. The molecule has 16 heavy (non-hydrogen) atoms. The Hall–Kier alpha value is -0.0400. The van der Waals surface area contributed by atoms with E-state index in [4.69, 9.17) is 5.73 Å². The Morgan fingerprint density at radius 1 is 0.938 bits per heavy atom. The average molecular weight is 225 g/mol. The van der Waals surface area contributed by atoms with Gasteiger partial charge in [0.05, 0.1) is 0 Å². The van der Waals surface area contributed by atoms with Crippen LogP contribution < -0.4 is 5.73 Å². The Bertz CT molecular complexity index is 245. The normalized spacial score (nSPS) is 34.5. The van der Waals surface area contributed by atoms with Gasteiger partial charge in [-0.2, -0.15) is 0 Å². The molecule has 0 heterocycles. The Labute approximate surface area is 102 Å². The standard InChI is InChI=1S/C15H31N/c1-13(2,3)12-10-14(4,5)8-11(16)9-15(12,6)7/h11-12H,8-10,16H2,1-7H3. The molecule has 2 unspecified atom stereocenters. The highest BCUT2D eigenvalue weighted by atomic mass is 14.7. The van der Waals surface area contributed by atoms with E-state index in [1.165, 1.54) is 19.3 Å². The fourth-order valence-corrected chi connectivity index (χ4v) is 3.99. The summed E-state index contributed by atoms with van der Waals surface area (Å²) in [5.41, 5.74) is 7.43. The molecule has 1 heteroatoms. The lowest BCUT2D eigenvalue weighted by molar-refractivity contribution is 0.0550. The minimum atomic E-state index is 0.367. The second-order valence-electron chi connectivity index (χ2n) is 8.44. The predicted molar refractivity (Wildman–Crippen MR) is 72.3 cm³/mol. The molecule has 1 nitrogen and oxygen atoms in total. The molecule has 0 spiro atoms. The predicted octanol–water partition coefficient (Wildman–Crippen LogP) is 4.21. The molecular formula is C15H31N. The van der Waals surface area contributed by atoms with E-state index in [1.807, 2.05) is 0 Å². The third kappa shape index (κ3) is 3.23. The largest absolute Gasteiger partial charge is 0.328 e. The van der Waals surface area contributed by atoms with E-state index < -0.39 is 0 Å². The quantitative estimate of drug-likeness (QED) is 0.614. The zero-order chi connectivity index (χ0) is 12.8. The summed E-state index contributed by atoms with van der Waals surface area (Å²) in [7, 11) is 0. The lowest BCUT2D eigenvalue weighted by Gasteiger charge is -2.44. The van der Waals surface area contributed by atoms with Gasteiger partial charge in [0, 0.05) is 6.04 Å². The zero-order valence-electron chi connectivity index (χ0n) is 12.4. The first-order chi connectivity index (χ1) is 6.94. The van der Waals surface area contributed by atoms with Crippen LogP contribution in [-0.2, 0) is 0 Å². The first kappa shape index (κ1) is 14.0. The third-order valence-corrected chi connectivity index (χ3v) is 4.35. The fraction of sp³-hybridized carbons (Fsp3) is 1.00. The topological polar surface area (TPSA) is 26.0 Å². The van der Waals surface area contributed by atoms with Crippen molar-refractivity contribution in [2.75, 3.05) is 0 Å². The Morgan fingerprint density at radius 2 is 1.44 bits per heavy atom. The summed E-state index contributed by atoms with van der Waals surface area (Å²) < 4.78 is 0. The molecule has 0 saturated heterocycles. The maximum Gasteiger partial charge on any atom is 0.00491 e. The highest BCUT2D eigenvalue weighted by Crippen LogP contribution is 2.52. The zero-order valence-corrected chi connectivity index (χ0v) is 12.4. The van der Waals surface area contributed by atoms with E-state index in [2.05, 4.69) is 48.5 Å². The van der Waals surface area contributed by atoms with Gasteiger partial charge in [-0.15, -0.1) is 0 Å². The van der Waals surface area contributed by atoms with Crippen molar-refractivity contribution in [1.82, 2.24) is 0 Å². The van der Waals surface area contributed by atoms with Crippen LogP contribution in [0.25, 0.3) is 0 Å². The first-order valence-electron chi connectivity index (χ1n) is 6.70. The summed E-state index contributed by atoms with van der Waals surface area (Å²) in [6.07, 6.45) is 3.64. The van der Waals surface area contributed by atoms with Gasteiger partial charge in [-0.3, -0.25) is 0 Å². The van der Waals surface area contributed by atoms with Gasteiger partial charge in [0.25, 0.3) is 0 Å². The maximum atomic E-state index is 6.29. The van der Waals surface area contributed by atoms with E-state index in [0.29, 0.717) is 22.3 Å². The number of rotatable bonds is 0. The molecule has 2 atom stereocenters. The summed E-state index contributed by atoms with van der Waals surface area (Å²) in [5.74, 6) is 0.753. The molecule has 1 rings (SSSR count). The second-order valence-corrected chi connectivity index (χ2v) is 8.44. The molecule has 1 aliphatic rings. The third-order valence-electron chi connectivity index (χ3n) is 4.35. The average Bonchev–Trinajstić information content (AvgIpc) is 2.01. The monoisotopic (exact) mass is 225 g/mol. The summed E-state index contributed by atoms with van der Waals surface area (Å²) in [4.78, 5) is 0. The van der Waals surface area contributed by atoms with Crippen molar-refractivity contribution in [3.05, 3.63) is 0 Å². The van der Waals surface area contributed by atoms with Crippen LogP contribution >= 0.6 is 0 Å². The molecule has 0 aromatic heterocycles. The van der Waals surface area contributed by atoms with Gasteiger partial charge < -0.3 is 5.73 Å². The van der Waals surface area contributed by atoms with Crippen LogP contribution in [0.4, 0.5) is 0 Å². The van der Waals surface area contributed by atoms with Crippen molar-refractivity contribution in [3.63, 3.8) is 0 Å². The minimum Gasteiger partial charge on any atom is -0.328 e. The smallest absolute Gasteiger partial charge is 0.00491 e. The molecule has 1 aliphatic carbocycles. The molecule has 1 fully saturated rings. The Morgan fingerprint density at radius 3 is 1.88 bits per heavy atom. The SMILES string of the molecule is CC1(C)CC(N)CC(C)(C)C(C(C)(C)C)C1. The second kappa shape index (κ2) is 4.01. The van der Waals surface area contributed by atoms with E-state index in [1.54, 1.807) is 0 Å². The summed E-state index contributed by atoms with van der Waals surface area (Å²) >= 11 is 0. The van der Waals surface area contributed by atoms with Gasteiger partial charge in [-0.25, -0.2) is 0 Å². The first-order valence-corrected chi connectivity index (χ1v) is 6.70. The Balaban J connectivity index is 3.04. The number of nitrogens with two attached hydrogens (primary N) is 1. The maximum absolute atomic E-state index is 6.29. The van der Waals surface area contributed by atoms with E-state index in [-0.39, 0.29) is 0 Å². The molecule has 2 N–H and O–H groups in total. The fourth-order valence-electron chi connectivity index (χ4n) is 3.99. The van der Waals surface area contributed by atoms with E-state index in [0.717, 1.165) is 5.92 Å². The summed E-state index contributed by atoms with van der Waals surface area (Å²) in [6, 6.07) is 0.373. The van der Waals surface area contributed by atoms with Gasteiger partial charge in [0.1, 0.15) is 0 Å². The summed E-state index contributed by atoms with van der Waals surface area (Å²) in [6.45, 7) is 16.7. The van der Waals surface area contributed by atoms with Crippen molar-refractivity contribution in [3.8, 4) is 0 Å². The molecule has 0 bridgehead atoms. The minimum absolute atomic E-state index is 0.367. The van der Waals surface area contributed by atoms with E-state index in [9.17, 15) is 0 Å². The van der Waals surface area contributed by atoms with Crippen molar-refractivity contribution in [2.45, 2.75) is 73.8 Å². The van der Waals surface area contributed by atoms with Crippen molar-refractivity contribution < 1.29 is 0 Å². The van der Waals surface area contributed by atoms with Crippen LogP contribution in [0.2, 0.25) is 0 Å². The van der Waals surface area contributed by atoms with Gasteiger partial charge in [-0.05, 0) is 41.4 Å². The molecule has 1 saturated carbocycles. The van der Waals surface area contributed by atoms with Crippen LogP contribution in [0.15, 0.2) is 0 Å². The molecule has 0 aromatic carbocycles. The van der Waals surface area contributed by atoms with Crippen molar-refractivity contribution in [2.24, 2.45) is 27.9 Å². The Kier molecular flexibility index (Phi) is 3.52. The lowest BCUT2D eigenvalue weighted by atomic mass is 9.61. The lowest BCUT2D eigenvalue weighted by Crippen LogP contribution is -2.37. The molecule has 0 aliphatic heterocycles. The van der Waals surface area contributed by atoms with Crippen LogP contribution in [0, 0.1) is 22.2 Å². The van der Waals surface area contributed by atoms with Crippen LogP contribution in [0.3, 0.4) is 0 Å². The van der Waals surface area contributed by atoms with Gasteiger partial charge in [-0.1, -0.05) is 48.5 Å². The van der Waals surface area contributed by atoms with Gasteiger partial charge in [0.15, 0.2) is 0 Å². The highest BCUT2D eigenvalue weighted by Gasteiger charge is 2.44. The van der Waals surface area contributed by atoms with Crippen molar-refractivity contribution in [1.29, 1.82) is 0 Å². The number of hydrogen-bond acceptors (Lipinski definition) is 1. The van der Waals surface area contributed by atoms with Gasteiger partial charge >= 0.3 is 0 Å². The summed E-state index contributed by atoms with van der Waals surface area (Å²) in [5, 5.41) is 0. The molecule has 0 radical (unpaired) electrons. The van der Waals surface area contributed by atoms with E-state index >= 15 is 0 Å². The van der Waals surface area contributed by atoms with Crippen molar-refractivity contribution >= 4 is 0 Å². The molecular weight excluding hydrogens is 194 g/mol.